The van der Waals surface area contributed by atoms with Gasteiger partial charge in [-0.2, -0.15) is 11.8 Å². The van der Waals surface area contributed by atoms with Gasteiger partial charge < -0.3 is 0 Å². The monoisotopic (exact) mass is 258 g/mol. The van der Waals surface area contributed by atoms with Gasteiger partial charge in [0, 0.05) is 0 Å². The molecule has 0 radical (unpaired) electrons. The van der Waals surface area contributed by atoms with Gasteiger partial charge in [0.1, 0.15) is 11.6 Å². The van der Waals surface area contributed by atoms with E-state index in [2.05, 4.69) is 13.8 Å². The highest BCUT2D eigenvalue weighted by Gasteiger charge is 2.12. The zero-order chi connectivity index (χ0) is 12.8. The summed E-state index contributed by atoms with van der Waals surface area (Å²) >= 11 is 1.46. The van der Waals surface area contributed by atoms with E-state index < -0.39 is 11.6 Å². The molecule has 1 nitrogen and oxygen atoms in total. The number of carbonyl (C=O) groups is 1. The summed E-state index contributed by atoms with van der Waals surface area (Å²) in [6, 6.07) is 2.96. The largest absolute Gasteiger partial charge is 0.293 e. The molecule has 0 aliphatic rings. The zero-order valence-electron chi connectivity index (χ0n) is 10.0. The summed E-state index contributed by atoms with van der Waals surface area (Å²) in [5.41, 5.74) is -0.151. The number of carbonyl (C=O) groups excluding carboxylic acids is 1. The van der Waals surface area contributed by atoms with Crippen LogP contribution in [0.4, 0.5) is 8.78 Å². The lowest BCUT2D eigenvalue weighted by Gasteiger charge is -2.05. The van der Waals surface area contributed by atoms with Crippen molar-refractivity contribution in [3.8, 4) is 0 Å². The molecule has 0 saturated carbocycles. The summed E-state index contributed by atoms with van der Waals surface area (Å²) in [5, 5.41) is 0. The number of halogens is 2. The number of benzene rings is 1. The van der Waals surface area contributed by atoms with Crippen molar-refractivity contribution in [3.05, 3.63) is 35.4 Å². The van der Waals surface area contributed by atoms with Crippen LogP contribution in [0.25, 0.3) is 0 Å². The van der Waals surface area contributed by atoms with Crippen LogP contribution in [0.3, 0.4) is 0 Å². The number of rotatable bonds is 6. The van der Waals surface area contributed by atoms with Crippen LogP contribution >= 0.6 is 11.8 Å². The molecule has 1 aromatic rings. The van der Waals surface area contributed by atoms with Crippen molar-refractivity contribution in [2.24, 2.45) is 5.92 Å². The van der Waals surface area contributed by atoms with Crippen molar-refractivity contribution in [2.45, 2.75) is 20.3 Å². The Balaban J connectivity index is 2.49. The molecule has 0 aromatic heterocycles. The molecule has 0 unspecified atom stereocenters. The third kappa shape index (κ3) is 4.86. The molecule has 94 valence electrons. The second-order valence-corrected chi connectivity index (χ2v) is 5.39. The Kier molecular flexibility index (Phi) is 5.62. The first-order valence-electron chi connectivity index (χ1n) is 5.56. The Morgan fingerprint density at radius 1 is 1.35 bits per heavy atom. The lowest BCUT2D eigenvalue weighted by Crippen LogP contribution is -2.06. The molecular weight excluding hydrogens is 242 g/mol. The van der Waals surface area contributed by atoms with Crippen molar-refractivity contribution in [1.29, 1.82) is 0 Å². The smallest absolute Gasteiger partial charge is 0.175 e. The molecule has 1 rings (SSSR count). The quantitative estimate of drug-likeness (QED) is 0.568. The molecule has 0 amide bonds. The zero-order valence-corrected chi connectivity index (χ0v) is 10.8. The van der Waals surface area contributed by atoms with Gasteiger partial charge in [-0.25, -0.2) is 8.78 Å². The molecule has 4 heteroatoms. The van der Waals surface area contributed by atoms with E-state index in [0.717, 1.165) is 30.4 Å². The van der Waals surface area contributed by atoms with Gasteiger partial charge in [0.15, 0.2) is 5.78 Å². The molecule has 0 fully saturated rings. The molecule has 0 aliphatic carbocycles. The summed E-state index contributed by atoms with van der Waals surface area (Å²) in [6.45, 7) is 4.21. The van der Waals surface area contributed by atoms with Gasteiger partial charge in [-0.15, -0.1) is 0 Å². The molecule has 0 atom stereocenters. The summed E-state index contributed by atoms with van der Waals surface area (Å²) in [6.07, 6.45) is 1.02. The van der Waals surface area contributed by atoms with Crippen molar-refractivity contribution < 1.29 is 13.6 Å². The second-order valence-electron chi connectivity index (χ2n) is 4.28. The average Bonchev–Trinajstić information content (AvgIpc) is 2.27. The molecule has 0 N–H and O–H groups in total. The number of ketones is 1. The average molecular weight is 258 g/mol. The SMILES string of the molecule is CC(C)CCSCC(=O)c1cc(F)ccc1F. The first-order valence-corrected chi connectivity index (χ1v) is 6.72. The number of Topliss-reactive ketones (excluding diaryl/α,β-unsaturated/α-hetero) is 1. The lowest BCUT2D eigenvalue weighted by atomic mass is 10.1. The van der Waals surface area contributed by atoms with Crippen LogP contribution in [0.15, 0.2) is 18.2 Å². The summed E-state index contributed by atoms with van der Waals surface area (Å²) in [5.74, 6) is 0.0648. The topological polar surface area (TPSA) is 17.1 Å². The molecule has 0 saturated heterocycles. The Bertz CT molecular complexity index is 391. The fraction of sp³-hybridized carbons (Fsp3) is 0.462. The minimum atomic E-state index is -0.652. The fourth-order valence-corrected chi connectivity index (χ4v) is 2.40. The van der Waals surface area contributed by atoms with E-state index in [0.29, 0.717) is 5.92 Å². The van der Waals surface area contributed by atoms with Crippen LogP contribution in [-0.2, 0) is 0 Å². The molecule has 0 bridgehead atoms. The van der Waals surface area contributed by atoms with E-state index >= 15 is 0 Å². The first kappa shape index (κ1) is 14.2. The van der Waals surface area contributed by atoms with Crippen molar-refractivity contribution >= 4 is 17.5 Å². The van der Waals surface area contributed by atoms with Crippen LogP contribution in [-0.4, -0.2) is 17.3 Å². The second kappa shape index (κ2) is 6.74. The number of hydrogen-bond donors (Lipinski definition) is 0. The van der Waals surface area contributed by atoms with E-state index in [1.54, 1.807) is 0 Å². The predicted molar refractivity (Wildman–Crippen MR) is 67.5 cm³/mol. The maximum absolute atomic E-state index is 13.3. The van der Waals surface area contributed by atoms with E-state index in [-0.39, 0.29) is 17.1 Å². The van der Waals surface area contributed by atoms with Crippen LogP contribution in [0.2, 0.25) is 0 Å². The third-order valence-electron chi connectivity index (χ3n) is 2.30. The van der Waals surface area contributed by atoms with Crippen molar-refractivity contribution in [2.75, 3.05) is 11.5 Å². The molecule has 17 heavy (non-hydrogen) atoms. The predicted octanol–water partition coefficient (Wildman–Crippen LogP) is 3.93. The highest BCUT2D eigenvalue weighted by molar-refractivity contribution is 7.99. The number of hydrogen-bond acceptors (Lipinski definition) is 2. The van der Waals surface area contributed by atoms with Gasteiger partial charge in [-0.3, -0.25) is 4.79 Å². The third-order valence-corrected chi connectivity index (χ3v) is 3.29. The van der Waals surface area contributed by atoms with Gasteiger partial charge >= 0.3 is 0 Å². The first-order chi connectivity index (χ1) is 8.00. The van der Waals surface area contributed by atoms with Crippen molar-refractivity contribution in [1.82, 2.24) is 0 Å². The standard InChI is InChI=1S/C13H16F2OS/c1-9(2)5-6-17-8-13(16)11-7-10(14)3-4-12(11)15/h3-4,7,9H,5-6,8H2,1-2H3. The Morgan fingerprint density at radius 3 is 2.71 bits per heavy atom. The van der Waals surface area contributed by atoms with Gasteiger partial charge in [-0.05, 0) is 36.3 Å². The normalized spacial score (nSPS) is 10.9. The van der Waals surface area contributed by atoms with Crippen molar-refractivity contribution in [3.63, 3.8) is 0 Å². The fourth-order valence-electron chi connectivity index (χ4n) is 1.27. The van der Waals surface area contributed by atoms with E-state index in [1.807, 2.05) is 0 Å². The maximum Gasteiger partial charge on any atom is 0.175 e. The summed E-state index contributed by atoms with van der Waals surface area (Å²) in [4.78, 5) is 11.6. The lowest BCUT2D eigenvalue weighted by molar-refractivity contribution is 0.101. The maximum atomic E-state index is 13.3. The van der Waals surface area contributed by atoms with Crippen LogP contribution in [0.1, 0.15) is 30.6 Å². The Hall–Kier alpha value is -0.900. The minimum absolute atomic E-state index is 0.151. The van der Waals surface area contributed by atoms with Crippen LogP contribution in [0.5, 0.6) is 0 Å². The van der Waals surface area contributed by atoms with E-state index in [4.69, 9.17) is 0 Å². The van der Waals surface area contributed by atoms with Gasteiger partial charge in [0.25, 0.3) is 0 Å². The highest BCUT2D eigenvalue weighted by atomic mass is 32.2. The molecule has 0 heterocycles. The summed E-state index contributed by atoms with van der Waals surface area (Å²) < 4.78 is 26.1. The van der Waals surface area contributed by atoms with Crippen LogP contribution < -0.4 is 0 Å². The molecular formula is C13H16F2OS. The molecule has 1 aromatic carbocycles. The number of thioether (sulfide) groups is 1. The van der Waals surface area contributed by atoms with E-state index in [1.165, 1.54) is 11.8 Å². The Labute approximate surface area is 105 Å². The summed E-state index contributed by atoms with van der Waals surface area (Å²) in [7, 11) is 0. The van der Waals surface area contributed by atoms with Crippen LogP contribution in [0, 0.1) is 17.6 Å². The Morgan fingerprint density at radius 2 is 2.06 bits per heavy atom. The van der Waals surface area contributed by atoms with E-state index in [9.17, 15) is 13.6 Å². The minimum Gasteiger partial charge on any atom is -0.293 e. The highest BCUT2D eigenvalue weighted by Crippen LogP contribution is 2.15. The molecule has 0 aliphatic heterocycles. The van der Waals surface area contributed by atoms with Gasteiger partial charge in [-0.1, -0.05) is 13.8 Å². The van der Waals surface area contributed by atoms with Gasteiger partial charge in [0.2, 0.25) is 0 Å². The van der Waals surface area contributed by atoms with Gasteiger partial charge in [0.05, 0.1) is 11.3 Å². The molecule has 0 spiro atoms.